The first-order chi connectivity index (χ1) is 14.1. The van der Waals surface area contributed by atoms with Crippen molar-refractivity contribution in [3.63, 3.8) is 0 Å². The number of aliphatic carboxylic acids is 1. The zero-order chi connectivity index (χ0) is 21.2. The molecule has 0 aromatic heterocycles. The van der Waals surface area contributed by atoms with Crippen LogP contribution in [0.15, 0.2) is 24.3 Å². The summed E-state index contributed by atoms with van der Waals surface area (Å²) in [5.74, 6) is 0.879. The van der Waals surface area contributed by atoms with Crippen LogP contribution in [0.2, 0.25) is 0 Å². The summed E-state index contributed by atoms with van der Waals surface area (Å²) in [7, 11) is 0. The van der Waals surface area contributed by atoms with E-state index in [4.69, 9.17) is 5.11 Å². The fourth-order valence-electron chi connectivity index (χ4n) is 3.48. The van der Waals surface area contributed by atoms with Gasteiger partial charge in [0, 0.05) is 12.8 Å². The van der Waals surface area contributed by atoms with Crippen molar-refractivity contribution < 1.29 is 14.7 Å². The predicted molar refractivity (Wildman–Crippen MR) is 125 cm³/mol. The molecule has 0 aliphatic carbocycles. The number of carboxylic acid groups (broad SMARTS) is 1. The van der Waals surface area contributed by atoms with Crippen LogP contribution >= 0.6 is 11.8 Å². The molecule has 0 radical (unpaired) electrons. The molecule has 1 N–H and O–H groups in total. The summed E-state index contributed by atoms with van der Waals surface area (Å²) in [6.45, 7) is 2.07. The smallest absolute Gasteiger partial charge is 0.313 e. The molecule has 0 bridgehead atoms. The zero-order valence-electron chi connectivity index (χ0n) is 18.3. The first kappa shape index (κ1) is 25.7. The molecule has 29 heavy (non-hydrogen) atoms. The van der Waals surface area contributed by atoms with Crippen molar-refractivity contribution in [2.24, 2.45) is 0 Å². The highest BCUT2D eigenvalue weighted by atomic mass is 32.2. The van der Waals surface area contributed by atoms with Crippen LogP contribution in [0.3, 0.4) is 0 Å². The lowest BCUT2D eigenvalue weighted by Crippen LogP contribution is -2.02. The summed E-state index contributed by atoms with van der Waals surface area (Å²) in [5, 5.41) is 8.56. The Labute approximate surface area is 182 Å². The molecule has 1 rings (SSSR count). The van der Waals surface area contributed by atoms with E-state index >= 15 is 0 Å². The van der Waals surface area contributed by atoms with E-state index in [-0.39, 0.29) is 5.75 Å². The van der Waals surface area contributed by atoms with Crippen molar-refractivity contribution in [2.75, 3.05) is 11.5 Å². The molecule has 0 fully saturated rings. The first-order valence-corrected chi connectivity index (χ1v) is 12.6. The quantitative estimate of drug-likeness (QED) is 0.245. The normalized spacial score (nSPS) is 10.9. The van der Waals surface area contributed by atoms with E-state index in [0.717, 1.165) is 30.6 Å². The molecule has 0 aliphatic rings. The van der Waals surface area contributed by atoms with Crippen molar-refractivity contribution in [2.45, 2.75) is 96.8 Å². The Morgan fingerprint density at radius 2 is 1.24 bits per heavy atom. The van der Waals surface area contributed by atoms with Crippen LogP contribution in [0.1, 0.15) is 94.6 Å². The average Bonchev–Trinajstić information content (AvgIpc) is 2.69. The maximum Gasteiger partial charge on any atom is 0.313 e. The SMILES string of the molecule is Cc1ccc(CC(=O)CCCCCCCCCCCCCCSCC(=O)O)cc1. The molecule has 0 saturated heterocycles. The number of benzene rings is 1. The van der Waals surface area contributed by atoms with Gasteiger partial charge in [0.05, 0.1) is 5.75 Å². The van der Waals surface area contributed by atoms with Gasteiger partial charge in [-0.05, 0) is 31.1 Å². The summed E-state index contributed by atoms with van der Waals surface area (Å²) >= 11 is 1.53. The van der Waals surface area contributed by atoms with Crippen LogP contribution in [0.4, 0.5) is 0 Å². The minimum absolute atomic E-state index is 0.240. The molecule has 0 heterocycles. The number of rotatable bonds is 19. The van der Waals surface area contributed by atoms with Gasteiger partial charge in [-0.3, -0.25) is 9.59 Å². The largest absolute Gasteiger partial charge is 0.481 e. The summed E-state index contributed by atoms with van der Waals surface area (Å²) in [4.78, 5) is 22.4. The Hall–Kier alpha value is -1.29. The lowest BCUT2D eigenvalue weighted by Gasteiger charge is -2.04. The van der Waals surface area contributed by atoms with Crippen LogP contribution in [0, 0.1) is 6.92 Å². The maximum atomic E-state index is 12.0. The van der Waals surface area contributed by atoms with Gasteiger partial charge in [0.25, 0.3) is 0 Å². The van der Waals surface area contributed by atoms with E-state index in [0.29, 0.717) is 12.2 Å². The number of hydrogen-bond donors (Lipinski definition) is 1. The Bertz CT molecular complexity index is 554. The fraction of sp³-hybridized carbons (Fsp3) is 0.680. The van der Waals surface area contributed by atoms with Crippen LogP contribution < -0.4 is 0 Å². The molecule has 0 spiro atoms. The molecule has 0 unspecified atom stereocenters. The third-order valence-corrected chi connectivity index (χ3v) is 6.27. The fourth-order valence-corrected chi connectivity index (χ4v) is 4.20. The standard InChI is InChI=1S/C25H40O3S/c1-22-15-17-23(18-16-22)20-24(26)14-12-10-8-6-4-2-3-5-7-9-11-13-19-29-21-25(27)28/h15-18H,2-14,19-21H2,1H3,(H,27,28). The van der Waals surface area contributed by atoms with Crippen LogP contribution in [0.25, 0.3) is 0 Å². The van der Waals surface area contributed by atoms with Crippen LogP contribution in [-0.2, 0) is 16.0 Å². The minimum atomic E-state index is -0.707. The molecular weight excluding hydrogens is 380 g/mol. The second-order valence-corrected chi connectivity index (χ2v) is 9.25. The Balaban J connectivity index is 1.79. The number of ketones is 1. The summed E-state index contributed by atoms with van der Waals surface area (Å²) in [5.41, 5.74) is 2.38. The lowest BCUT2D eigenvalue weighted by atomic mass is 10.0. The Kier molecular flexibility index (Phi) is 15.6. The molecule has 3 nitrogen and oxygen atoms in total. The van der Waals surface area contributed by atoms with Gasteiger partial charge in [0.15, 0.2) is 0 Å². The maximum absolute atomic E-state index is 12.0. The van der Waals surface area contributed by atoms with Crippen LogP contribution in [0.5, 0.6) is 0 Å². The van der Waals surface area contributed by atoms with Gasteiger partial charge in [-0.2, -0.15) is 11.8 Å². The van der Waals surface area contributed by atoms with Gasteiger partial charge in [0.1, 0.15) is 5.78 Å². The zero-order valence-corrected chi connectivity index (χ0v) is 19.1. The topological polar surface area (TPSA) is 54.4 Å². The highest BCUT2D eigenvalue weighted by molar-refractivity contribution is 7.99. The molecule has 0 amide bonds. The molecule has 4 heteroatoms. The van der Waals surface area contributed by atoms with Crippen molar-refractivity contribution >= 4 is 23.5 Å². The molecular formula is C25H40O3S. The van der Waals surface area contributed by atoms with E-state index in [1.165, 1.54) is 81.5 Å². The number of carboxylic acids is 1. The molecule has 0 saturated carbocycles. The number of Topliss-reactive ketones (excluding diaryl/α,β-unsaturated/α-hetero) is 1. The summed E-state index contributed by atoms with van der Waals surface area (Å²) in [6.07, 6.45) is 16.4. The number of unbranched alkanes of at least 4 members (excludes halogenated alkanes) is 11. The molecule has 1 aromatic carbocycles. The van der Waals surface area contributed by atoms with Gasteiger partial charge in [-0.25, -0.2) is 0 Å². The number of hydrogen-bond acceptors (Lipinski definition) is 3. The first-order valence-electron chi connectivity index (χ1n) is 11.4. The second-order valence-electron chi connectivity index (χ2n) is 8.14. The van der Waals surface area contributed by atoms with Gasteiger partial charge in [-0.1, -0.05) is 94.0 Å². The number of thioether (sulfide) groups is 1. The van der Waals surface area contributed by atoms with E-state index in [9.17, 15) is 9.59 Å². The predicted octanol–water partition coefficient (Wildman–Crippen LogP) is 7.00. The monoisotopic (exact) mass is 420 g/mol. The van der Waals surface area contributed by atoms with Crippen LogP contribution in [-0.4, -0.2) is 28.4 Å². The van der Waals surface area contributed by atoms with Gasteiger partial charge < -0.3 is 5.11 Å². The minimum Gasteiger partial charge on any atom is -0.481 e. The van der Waals surface area contributed by atoms with Gasteiger partial charge in [0.2, 0.25) is 0 Å². The van der Waals surface area contributed by atoms with Gasteiger partial charge >= 0.3 is 5.97 Å². The molecule has 0 atom stereocenters. The van der Waals surface area contributed by atoms with Crippen molar-refractivity contribution in [3.05, 3.63) is 35.4 Å². The van der Waals surface area contributed by atoms with E-state index in [1.54, 1.807) is 0 Å². The molecule has 164 valence electrons. The highest BCUT2D eigenvalue weighted by Gasteiger charge is 2.03. The van der Waals surface area contributed by atoms with E-state index < -0.39 is 5.97 Å². The van der Waals surface area contributed by atoms with E-state index in [2.05, 4.69) is 31.2 Å². The molecule has 1 aromatic rings. The third kappa shape index (κ3) is 16.2. The van der Waals surface area contributed by atoms with Crippen molar-refractivity contribution in [1.29, 1.82) is 0 Å². The number of aryl methyl sites for hydroxylation is 1. The van der Waals surface area contributed by atoms with Crippen molar-refractivity contribution in [3.8, 4) is 0 Å². The lowest BCUT2D eigenvalue weighted by molar-refractivity contribution is -0.133. The second kappa shape index (κ2) is 17.6. The Morgan fingerprint density at radius 3 is 1.76 bits per heavy atom. The number of carbonyl (C=O) groups is 2. The third-order valence-electron chi connectivity index (χ3n) is 5.24. The summed E-state index contributed by atoms with van der Waals surface area (Å²) < 4.78 is 0. The number of carbonyl (C=O) groups excluding carboxylic acids is 1. The van der Waals surface area contributed by atoms with Crippen molar-refractivity contribution in [1.82, 2.24) is 0 Å². The summed E-state index contributed by atoms with van der Waals surface area (Å²) in [6, 6.07) is 8.28. The van der Waals surface area contributed by atoms with Gasteiger partial charge in [-0.15, -0.1) is 0 Å². The Morgan fingerprint density at radius 1 is 0.759 bits per heavy atom. The highest BCUT2D eigenvalue weighted by Crippen LogP contribution is 2.14. The molecule has 0 aliphatic heterocycles. The van der Waals surface area contributed by atoms with E-state index in [1.807, 2.05) is 0 Å². The average molecular weight is 421 g/mol.